The van der Waals surface area contributed by atoms with Gasteiger partial charge >= 0.3 is 0 Å². The highest BCUT2D eigenvalue weighted by Gasteiger charge is 2.30. The molecular formula is C24H35IN4O3. The van der Waals surface area contributed by atoms with Crippen LogP contribution in [0.1, 0.15) is 30.0 Å². The number of methoxy groups -OCH3 is 3. The number of benzene rings is 2. The Hall–Kier alpha value is -2.20. The third-order valence-electron chi connectivity index (χ3n) is 5.89. The van der Waals surface area contributed by atoms with Crippen LogP contribution in [-0.2, 0) is 6.54 Å². The van der Waals surface area contributed by atoms with E-state index in [0.29, 0.717) is 36.0 Å². The molecule has 0 saturated carbocycles. The van der Waals surface area contributed by atoms with E-state index >= 15 is 0 Å². The van der Waals surface area contributed by atoms with Crippen molar-refractivity contribution in [3.63, 3.8) is 0 Å². The fourth-order valence-corrected chi connectivity index (χ4v) is 4.25. The van der Waals surface area contributed by atoms with E-state index in [1.807, 2.05) is 30.3 Å². The molecule has 32 heavy (non-hydrogen) atoms. The van der Waals surface area contributed by atoms with Crippen molar-refractivity contribution in [3.8, 4) is 17.2 Å². The first-order valence-corrected chi connectivity index (χ1v) is 10.6. The van der Waals surface area contributed by atoms with Gasteiger partial charge in [-0.2, -0.15) is 0 Å². The van der Waals surface area contributed by atoms with Crippen LogP contribution >= 0.6 is 24.0 Å². The molecule has 0 aromatic heterocycles. The van der Waals surface area contributed by atoms with Gasteiger partial charge in [0, 0.05) is 12.6 Å². The Morgan fingerprint density at radius 3 is 2.44 bits per heavy atom. The molecule has 7 nitrogen and oxygen atoms in total. The average Bonchev–Trinajstić information content (AvgIpc) is 2.81. The SMILES string of the molecule is COc1ccc(C2C(CNC(N)=NCc3ccc(OC)c(OC)c3)CCCN2C)cc1.I. The number of guanidine groups is 1. The summed E-state index contributed by atoms with van der Waals surface area (Å²) >= 11 is 0. The molecule has 1 heterocycles. The van der Waals surface area contributed by atoms with Gasteiger partial charge in [0.05, 0.1) is 27.9 Å². The van der Waals surface area contributed by atoms with Crippen molar-refractivity contribution in [2.45, 2.75) is 25.4 Å². The lowest BCUT2D eigenvalue weighted by atomic mass is 9.85. The maximum absolute atomic E-state index is 6.17. The summed E-state index contributed by atoms with van der Waals surface area (Å²) < 4.78 is 15.9. The highest BCUT2D eigenvalue weighted by atomic mass is 127. The zero-order chi connectivity index (χ0) is 22.2. The largest absolute Gasteiger partial charge is 0.497 e. The summed E-state index contributed by atoms with van der Waals surface area (Å²) in [5.74, 6) is 3.17. The van der Waals surface area contributed by atoms with E-state index in [1.165, 1.54) is 12.0 Å². The van der Waals surface area contributed by atoms with E-state index in [4.69, 9.17) is 19.9 Å². The average molecular weight is 554 g/mol. The number of halogens is 1. The second-order valence-electron chi connectivity index (χ2n) is 7.87. The summed E-state index contributed by atoms with van der Waals surface area (Å²) in [6.07, 6.45) is 2.33. The first-order chi connectivity index (χ1) is 15.0. The summed E-state index contributed by atoms with van der Waals surface area (Å²) in [7, 11) is 7.13. The zero-order valence-electron chi connectivity index (χ0n) is 19.3. The third-order valence-corrected chi connectivity index (χ3v) is 5.89. The number of piperidine rings is 1. The lowest BCUT2D eigenvalue weighted by Crippen LogP contribution is -2.43. The van der Waals surface area contributed by atoms with Crippen LogP contribution in [0, 0.1) is 5.92 Å². The monoisotopic (exact) mass is 554 g/mol. The fraction of sp³-hybridized carbons (Fsp3) is 0.458. The van der Waals surface area contributed by atoms with Crippen LogP contribution < -0.4 is 25.3 Å². The van der Waals surface area contributed by atoms with Gasteiger partial charge in [0.2, 0.25) is 0 Å². The van der Waals surface area contributed by atoms with E-state index in [-0.39, 0.29) is 24.0 Å². The van der Waals surface area contributed by atoms with Crippen LogP contribution in [0.3, 0.4) is 0 Å². The van der Waals surface area contributed by atoms with Crippen molar-refractivity contribution in [2.24, 2.45) is 16.6 Å². The molecule has 0 bridgehead atoms. The highest BCUT2D eigenvalue weighted by molar-refractivity contribution is 14.0. The molecule has 2 atom stereocenters. The van der Waals surface area contributed by atoms with Crippen LogP contribution in [-0.4, -0.2) is 52.3 Å². The van der Waals surface area contributed by atoms with Crippen LogP contribution in [0.25, 0.3) is 0 Å². The molecule has 1 aliphatic heterocycles. The second-order valence-corrected chi connectivity index (χ2v) is 7.87. The predicted octanol–water partition coefficient (Wildman–Crippen LogP) is 3.82. The number of aliphatic imine (C=N–C) groups is 1. The topological polar surface area (TPSA) is 81.3 Å². The van der Waals surface area contributed by atoms with Gasteiger partial charge < -0.3 is 25.3 Å². The van der Waals surface area contributed by atoms with Gasteiger partial charge in [-0.05, 0) is 67.7 Å². The van der Waals surface area contributed by atoms with Crippen LogP contribution in [0.5, 0.6) is 17.2 Å². The molecule has 3 N–H and O–H groups in total. The molecule has 8 heteroatoms. The Kier molecular flexibility index (Phi) is 10.4. The third kappa shape index (κ3) is 6.65. The van der Waals surface area contributed by atoms with E-state index in [9.17, 15) is 0 Å². The standard InChI is InChI=1S/C24H34N4O3.HI/c1-28-13-5-6-19(23(28)18-8-10-20(29-2)11-9-18)16-27-24(25)26-15-17-7-12-21(30-3)22(14-17)31-4;/h7-12,14,19,23H,5-6,13,15-16H2,1-4H3,(H3,25,26,27);1H. The molecule has 0 amide bonds. The molecule has 2 aromatic rings. The molecule has 2 aromatic carbocycles. The Morgan fingerprint density at radius 1 is 1.06 bits per heavy atom. The Morgan fingerprint density at radius 2 is 1.78 bits per heavy atom. The lowest BCUT2D eigenvalue weighted by Gasteiger charge is -2.39. The van der Waals surface area contributed by atoms with Gasteiger partial charge in [0.15, 0.2) is 17.5 Å². The first kappa shape index (κ1) is 26.1. The van der Waals surface area contributed by atoms with Crippen LogP contribution in [0.4, 0.5) is 0 Å². The van der Waals surface area contributed by atoms with Gasteiger partial charge in [-0.25, -0.2) is 4.99 Å². The van der Waals surface area contributed by atoms with Crippen molar-refractivity contribution in [2.75, 3.05) is 41.5 Å². The maximum atomic E-state index is 6.17. The Balaban J connectivity index is 0.00000363. The van der Waals surface area contributed by atoms with Crippen LogP contribution in [0.15, 0.2) is 47.5 Å². The molecule has 2 unspecified atom stereocenters. The molecule has 0 radical (unpaired) electrons. The molecule has 0 spiro atoms. The van der Waals surface area contributed by atoms with E-state index in [2.05, 4.69) is 34.4 Å². The van der Waals surface area contributed by atoms with E-state index in [1.54, 1.807) is 21.3 Å². The van der Waals surface area contributed by atoms with Gasteiger partial charge in [-0.3, -0.25) is 4.90 Å². The number of nitrogens with two attached hydrogens (primary N) is 1. The zero-order valence-corrected chi connectivity index (χ0v) is 21.7. The first-order valence-electron chi connectivity index (χ1n) is 10.6. The van der Waals surface area contributed by atoms with Crippen molar-refractivity contribution in [3.05, 3.63) is 53.6 Å². The molecular weight excluding hydrogens is 519 g/mol. The lowest BCUT2D eigenvalue weighted by molar-refractivity contribution is 0.122. The normalized spacial score (nSPS) is 19.1. The van der Waals surface area contributed by atoms with Crippen molar-refractivity contribution >= 4 is 29.9 Å². The highest BCUT2D eigenvalue weighted by Crippen LogP contribution is 2.35. The molecule has 1 saturated heterocycles. The molecule has 1 aliphatic rings. The smallest absolute Gasteiger partial charge is 0.188 e. The van der Waals surface area contributed by atoms with Crippen molar-refractivity contribution in [1.29, 1.82) is 0 Å². The number of hydrogen-bond acceptors (Lipinski definition) is 5. The fourth-order valence-electron chi connectivity index (χ4n) is 4.25. The number of hydrogen-bond donors (Lipinski definition) is 2. The molecule has 1 fully saturated rings. The number of nitrogens with one attached hydrogen (secondary N) is 1. The maximum Gasteiger partial charge on any atom is 0.188 e. The summed E-state index contributed by atoms with van der Waals surface area (Å²) in [5.41, 5.74) is 8.49. The van der Waals surface area contributed by atoms with E-state index < -0.39 is 0 Å². The molecule has 0 aliphatic carbocycles. The molecule has 3 rings (SSSR count). The minimum Gasteiger partial charge on any atom is -0.497 e. The number of ether oxygens (including phenoxy) is 3. The summed E-state index contributed by atoms with van der Waals surface area (Å²) in [5, 5.41) is 3.34. The summed E-state index contributed by atoms with van der Waals surface area (Å²) in [4.78, 5) is 6.93. The van der Waals surface area contributed by atoms with Gasteiger partial charge in [0.1, 0.15) is 5.75 Å². The predicted molar refractivity (Wildman–Crippen MR) is 139 cm³/mol. The van der Waals surface area contributed by atoms with Crippen molar-refractivity contribution < 1.29 is 14.2 Å². The van der Waals surface area contributed by atoms with Gasteiger partial charge in [0.25, 0.3) is 0 Å². The van der Waals surface area contributed by atoms with Gasteiger partial charge in [-0.15, -0.1) is 24.0 Å². The summed E-state index contributed by atoms with van der Waals surface area (Å²) in [6, 6.07) is 14.5. The van der Waals surface area contributed by atoms with E-state index in [0.717, 1.165) is 30.8 Å². The quantitative estimate of drug-likeness (QED) is 0.294. The number of rotatable bonds is 8. The van der Waals surface area contributed by atoms with Crippen LogP contribution in [0.2, 0.25) is 0 Å². The minimum absolute atomic E-state index is 0. The number of likely N-dealkylation sites (tertiary alicyclic amines) is 1. The minimum atomic E-state index is 0. The summed E-state index contributed by atoms with van der Waals surface area (Å²) in [6.45, 7) is 2.35. The Bertz CT molecular complexity index is 876. The van der Waals surface area contributed by atoms with Crippen molar-refractivity contribution in [1.82, 2.24) is 10.2 Å². The van der Waals surface area contributed by atoms with Gasteiger partial charge in [-0.1, -0.05) is 18.2 Å². The number of nitrogens with zero attached hydrogens (tertiary/aromatic N) is 2. The second kappa shape index (κ2) is 12.7. The Labute approximate surface area is 208 Å². The molecule has 176 valence electrons.